The highest BCUT2D eigenvalue weighted by atomic mass is 35.5. The third kappa shape index (κ3) is 5.05. The van der Waals surface area contributed by atoms with E-state index in [1.807, 2.05) is 12.1 Å². The Morgan fingerprint density at radius 2 is 1.94 bits per heavy atom. The molecule has 0 unspecified atom stereocenters. The second-order valence-corrected chi connectivity index (χ2v) is 5.22. The van der Waals surface area contributed by atoms with Crippen LogP contribution in [-0.2, 0) is 6.54 Å². The number of halogens is 1. The third-order valence-electron chi connectivity index (χ3n) is 2.77. The molecular formula is C14H20ClN3. The van der Waals surface area contributed by atoms with Crippen molar-refractivity contribution in [3.8, 4) is 6.07 Å². The first kappa shape index (κ1) is 15.0. The number of nitriles is 1. The summed E-state index contributed by atoms with van der Waals surface area (Å²) in [6, 6.07) is 7.57. The van der Waals surface area contributed by atoms with Crippen molar-refractivity contribution < 1.29 is 0 Å². The van der Waals surface area contributed by atoms with E-state index in [0.29, 0.717) is 10.6 Å². The lowest BCUT2D eigenvalue weighted by Gasteiger charge is -2.18. The molecule has 1 rings (SSSR count). The summed E-state index contributed by atoms with van der Waals surface area (Å²) in [6.07, 6.45) is 1.14. The van der Waals surface area contributed by atoms with Gasteiger partial charge < -0.3 is 9.80 Å². The minimum absolute atomic E-state index is 0.610. The van der Waals surface area contributed by atoms with Crippen LogP contribution < -0.4 is 0 Å². The van der Waals surface area contributed by atoms with E-state index >= 15 is 0 Å². The van der Waals surface area contributed by atoms with Crippen LogP contribution in [0.2, 0.25) is 5.02 Å². The molecule has 0 fully saturated rings. The molecule has 0 amide bonds. The zero-order valence-corrected chi connectivity index (χ0v) is 12.0. The second kappa shape index (κ2) is 7.38. The maximum atomic E-state index is 8.78. The van der Waals surface area contributed by atoms with E-state index in [9.17, 15) is 0 Å². The van der Waals surface area contributed by atoms with Gasteiger partial charge in [-0.15, -0.1) is 0 Å². The van der Waals surface area contributed by atoms with E-state index in [2.05, 4.69) is 37.0 Å². The number of benzene rings is 1. The molecule has 0 heterocycles. The Labute approximate surface area is 115 Å². The summed E-state index contributed by atoms with van der Waals surface area (Å²) in [5.74, 6) is 0. The van der Waals surface area contributed by atoms with Crippen LogP contribution in [0.25, 0.3) is 0 Å². The molecule has 3 nitrogen and oxygen atoms in total. The van der Waals surface area contributed by atoms with Crippen LogP contribution in [0.4, 0.5) is 0 Å². The zero-order chi connectivity index (χ0) is 13.5. The molecule has 0 aliphatic carbocycles. The summed E-state index contributed by atoms with van der Waals surface area (Å²) in [6.45, 7) is 2.94. The molecule has 0 aliphatic heterocycles. The highest BCUT2D eigenvalue weighted by molar-refractivity contribution is 6.31. The molecule has 0 saturated carbocycles. The molecule has 1 aromatic carbocycles. The lowest BCUT2D eigenvalue weighted by atomic mass is 10.1. The van der Waals surface area contributed by atoms with Crippen molar-refractivity contribution in [1.82, 2.24) is 9.80 Å². The van der Waals surface area contributed by atoms with E-state index in [1.54, 1.807) is 6.07 Å². The molecule has 0 bridgehead atoms. The molecule has 0 spiro atoms. The molecule has 0 N–H and O–H groups in total. The molecule has 18 heavy (non-hydrogen) atoms. The maximum absolute atomic E-state index is 8.78. The van der Waals surface area contributed by atoms with E-state index in [1.165, 1.54) is 0 Å². The van der Waals surface area contributed by atoms with Gasteiger partial charge in [-0.2, -0.15) is 5.26 Å². The molecule has 0 aliphatic rings. The topological polar surface area (TPSA) is 30.3 Å². The molecule has 98 valence electrons. The van der Waals surface area contributed by atoms with Gasteiger partial charge in [0, 0.05) is 11.6 Å². The summed E-state index contributed by atoms with van der Waals surface area (Å²) in [7, 11) is 6.25. The Morgan fingerprint density at radius 3 is 2.50 bits per heavy atom. The van der Waals surface area contributed by atoms with Crippen LogP contribution in [0.1, 0.15) is 17.5 Å². The third-order valence-corrected chi connectivity index (χ3v) is 3.12. The first-order chi connectivity index (χ1) is 8.52. The molecule has 0 radical (unpaired) electrons. The van der Waals surface area contributed by atoms with Crippen molar-refractivity contribution in [2.24, 2.45) is 0 Å². The van der Waals surface area contributed by atoms with Crippen molar-refractivity contribution in [3.63, 3.8) is 0 Å². The van der Waals surface area contributed by atoms with Crippen LogP contribution >= 0.6 is 11.6 Å². The van der Waals surface area contributed by atoms with E-state index in [0.717, 1.165) is 31.6 Å². The Kier molecular flexibility index (Phi) is 6.14. The molecule has 1 aromatic rings. The van der Waals surface area contributed by atoms with Crippen molar-refractivity contribution in [3.05, 3.63) is 34.3 Å². The minimum Gasteiger partial charge on any atom is -0.309 e. The average molecular weight is 266 g/mol. The fraction of sp³-hybridized carbons (Fsp3) is 0.500. The Bertz CT molecular complexity index is 424. The van der Waals surface area contributed by atoms with Gasteiger partial charge in [-0.3, -0.25) is 0 Å². The highest BCUT2D eigenvalue weighted by Gasteiger charge is 2.05. The second-order valence-electron chi connectivity index (χ2n) is 4.81. The predicted octanol–water partition coefficient (Wildman–Crippen LogP) is 2.60. The minimum atomic E-state index is 0.610. The van der Waals surface area contributed by atoms with Gasteiger partial charge in [0.2, 0.25) is 0 Å². The van der Waals surface area contributed by atoms with Crippen LogP contribution in [0, 0.1) is 11.3 Å². The van der Waals surface area contributed by atoms with Crippen LogP contribution in [0.5, 0.6) is 0 Å². The summed E-state index contributed by atoms with van der Waals surface area (Å²) >= 11 is 6.15. The monoisotopic (exact) mass is 265 g/mol. The van der Waals surface area contributed by atoms with E-state index < -0.39 is 0 Å². The molecule has 4 heteroatoms. The van der Waals surface area contributed by atoms with Crippen LogP contribution in [0.15, 0.2) is 18.2 Å². The fourth-order valence-electron chi connectivity index (χ4n) is 1.77. The predicted molar refractivity (Wildman–Crippen MR) is 75.7 cm³/mol. The quantitative estimate of drug-likeness (QED) is 0.792. The fourth-order valence-corrected chi connectivity index (χ4v) is 2.01. The largest absolute Gasteiger partial charge is 0.309 e. The van der Waals surface area contributed by atoms with Gasteiger partial charge in [0.15, 0.2) is 0 Å². The molecule has 0 aromatic heterocycles. The number of hydrogen-bond donors (Lipinski definition) is 0. The van der Waals surface area contributed by atoms with Gasteiger partial charge in [-0.05, 0) is 58.3 Å². The number of hydrogen-bond acceptors (Lipinski definition) is 3. The zero-order valence-electron chi connectivity index (χ0n) is 11.3. The smallest absolute Gasteiger partial charge is 0.0992 e. The van der Waals surface area contributed by atoms with Gasteiger partial charge in [0.05, 0.1) is 11.6 Å². The summed E-state index contributed by atoms with van der Waals surface area (Å²) in [4.78, 5) is 4.43. The van der Waals surface area contributed by atoms with Crippen molar-refractivity contribution in [1.29, 1.82) is 5.26 Å². The van der Waals surface area contributed by atoms with Gasteiger partial charge in [-0.1, -0.05) is 17.7 Å². The lowest BCUT2D eigenvalue weighted by Crippen LogP contribution is -2.23. The standard InChI is InChI=1S/C14H20ClN3/c1-17(2)7-4-8-18(3)11-13-6-5-12(10-16)9-14(13)15/h5-6,9H,4,7-8,11H2,1-3H3. The van der Waals surface area contributed by atoms with Crippen molar-refractivity contribution in [2.75, 3.05) is 34.2 Å². The van der Waals surface area contributed by atoms with Crippen LogP contribution in [0.3, 0.4) is 0 Å². The Hall–Kier alpha value is -1.08. The highest BCUT2D eigenvalue weighted by Crippen LogP contribution is 2.19. The van der Waals surface area contributed by atoms with Gasteiger partial charge in [-0.25, -0.2) is 0 Å². The average Bonchev–Trinajstić information content (AvgIpc) is 2.31. The normalized spacial score (nSPS) is 10.9. The molecule has 0 atom stereocenters. The SMILES string of the molecule is CN(C)CCCN(C)Cc1ccc(C#N)cc1Cl. The Balaban J connectivity index is 2.49. The van der Waals surface area contributed by atoms with Gasteiger partial charge >= 0.3 is 0 Å². The molecular weight excluding hydrogens is 246 g/mol. The number of nitrogens with zero attached hydrogens (tertiary/aromatic N) is 3. The first-order valence-corrected chi connectivity index (χ1v) is 6.42. The summed E-state index contributed by atoms with van der Waals surface area (Å²) in [5, 5.41) is 9.45. The van der Waals surface area contributed by atoms with Crippen molar-refractivity contribution in [2.45, 2.75) is 13.0 Å². The van der Waals surface area contributed by atoms with Crippen LogP contribution in [-0.4, -0.2) is 44.0 Å². The van der Waals surface area contributed by atoms with Gasteiger partial charge in [0.25, 0.3) is 0 Å². The first-order valence-electron chi connectivity index (χ1n) is 6.04. The summed E-state index contributed by atoms with van der Waals surface area (Å²) in [5.41, 5.74) is 1.68. The lowest BCUT2D eigenvalue weighted by molar-refractivity contribution is 0.294. The molecule has 0 saturated heterocycles. The Morgan fingerprint density at radius 1 is 1.22 bits per heavy atom. The van der Waals surface area contributed by atoms with Crippen molar-refractivity contribution >= 4 is 11.6 Å². The number of rotatable bonds is 6. The van der Waals surface area contributed by atoms with Gasteiger partial charge in [0.1, 0.15) is 0 Å². The summed E-state index contributed by atoms with van der Waals surface area (Å²) < 4.78 is 0. The van der Waals surface area contributed by atoms with E-state index in [4.69, 9.17) is 16.9 Å². The van der Waals surface area contributed by atoms with E-state index in [-0.39, 0.29) is 0 Å². The maximum Gasteiger partial charge on any atom is 0.0992 e.